The fourth-order valence-electron chi connectivity index (χ4n) is 2.09. The van der Waals surface area contributed by atoms with Crippen molar-refractivity contribution in [3.8, 4) is 34.9 Å². The van der Waals surface area contributed by atoms with Crippen molar-refractivity contribution in [3.05, 3.63) is 65.4 Å². The number of phenolic OH excluding ortho intramolecular Hbond substituents is 1. The minimum absolute atomic E-state index is 0.0478. The first kappa shape index (κ1) is 14.2. The van der Waals surface area contributed by atoms with Gasteiger partial charge in [0.1, 0.15) is 11.4 Å². The Hall–Kier alpha value is -3.70. The predicted octanol–water partition coefficient (Wildman–Crippen LogP) is 2.64. The second-order valence-corrected chi connectivity index (χ2v) is 4.86. The van der Waals surface area contributed by atoms with Gasteiger partial charge < -0.3 is 10.8 Å². The fourth-order valence-corrected chi connectivity index (χ4v) is 2.09. The topological polar surface area (TPSA) is 98.7 Å². The quantitative estimate of drug-likeness (QED) is 0.475. The van der Waals surface area contributed by atoms with E-state index < -0.39 is 0 Å². The van der Waals surface area contributed by atoms with Crippen LogP contribution in [0.4, 0.5) is 5.69 Å². The average Bonchev–Trinajstić information content (AvgIpc) is 3.03. The molecule has 0 atom stereocenters. The largest absolute Gasteiger partial charge is 0.507 e. The number of nitrogens with one attached hydrogen (secondary N) is 1. The molecule has 23 heavy (non-hydrogen) atoms. The van der Waals surface area contributed by atoms with Gasteiger partial charge in [-0.25, -0.2) is 0 Å². The van der Waals surface area contributed by atoms with Gasteiger partial charge in [-0.1, -0.05) is 11.8 Å². The molecule has 1 aromatic heterocycles. The van der Waals surface area contributed by atoms with Crippen molar-refractivity contribution >= 4 is 5.69 Å². The zero-order valence-corrected chi connectivity index (χ0v) is 12.0. The van der Waals surface area contributed by atoms with Gasteiger partial charge in [0.05, 0.1) is 17.2 Å². The molecule has 0 aliphatic heterocycles. The number of hydrogen-bond acceptors (Lipinski definition) is 4. The molecule has 0 saturated carbocycles. The first-order valence-electron chi connectivity index (χ1n) is 6.82. The number of anilines is 1. The van der Waals surface area contributed by atoms with Gasteiger partial charge in [0.25, 0.3) is 0 Å². The number of rotatable bonds is 1. The van der Waals surface area contributed by atoms with Crippen LogP contribution in [0.1, 0.15) is 16.7 Å². The van der Waals surface area contributed by atoms with Crippen LogP contribution in [0.3, 0.4) is 0 Å². The molecule has 0 amide bonds. The molecule has 4 N–H and O–H groups in total. The molecule has 0 aliphatic carbocycles. The lowest BCUT2D eigenvalue weighted by Gasteiger charge is -2.02. The highest BCUT2D eigenvalue weighted by Gasteiger charge is 2.12. The van der Waals surface area contributed by atoms with E-state index in [1.165, 1.54) is 6.07 Å². The van der Waals surface area contributed by atoms with Gasteiger partial charge in [-0.3, -0.25) is 5.10 Å². The Morgan fingerprint density at radius 2 is 1.78 bits per heavy atom. The molecule has 1 heterocycles. The molecule has 3 aromatic rings. The Morgan fingerprint density at radius 1 is 1.04 bits per heavy atom. The fraction of sp³-hybridized carbons (Fsp3) is 0. The molecular weight excluding hydrogens is 288 g/mol. The van der Waals surface area contributed by atoms with Gasteiger partial charge in [0.15, 0.2) is 0 Å². The van der Waals surface area contributed by atoms with E-state index in [9.17, 15) is 5.11 Å². The summed E-state index contributed by atoms with van der Waals surface area (Å²) in [5.41, 5.74) is 9.18. The van der Waals surface area contributed by atoms with Gasteiger partial charge in [0, 0.05) is 23.0 Å². The number of benzene rings is 2. The highest BCUT2D eigenvalue weighted by molar-refractivity contribution is 5.73. The molecule has 0 unspecified atom stereocenters. The van der Waals surface area contributed by atoms with Crippen LogP contribution >= 0.6 is 0 Å². The number of hydrogen-bond donors (Lipinski definition) is 3. The van der Waals surface area contributed by atoms with Gasteiger partial charge >= 0.3 is 0 Å². The second-order valence-electron chi connectivity index (χ2n) is 4.86. The van der Waals surface area contributed by atoms with Crippen LogP contribution in [-0.2, 0) is 0 Å². The number of nitrogens with two attached hydrogens (primary N) is 1. The zero-order valence-electron chi connectivity index (χ0n) is 12.0. The second kappa shape index (κ2) is 5.97. The normalized spacial score (nSPS) is 9.70. The lowest BCUT2D eigenvalue weighted by Crippen LogP contribution is -1.86. The van der Waals surface area contributed by atoms with Crippen LogP contribution in [-0.4, -0.2) is 15.3 Å². The Morgan fingerprint density at radius 3 is 2.52 bits per heavy atom. The monoisotopic (exact) mass is 300 g/mol. The average molecular weight is 300 g/mol. The summed E-state index contributed by atoms with van der Waals surface area (Å²) in [6, 6.07) is 13.9. The summed E-state index contributed by atoms with van der Waals surface area (Å²) in [5.74, 6) is 6.08. The number of H-pyrrole nitrogens is 1. The highest BCUT2D eigenvalue weighted by atomic mass is 16.3. The summed E-state index contributed by atoms with van der Waals surface area (Å²) < 4.78 is 0. The van der Waals surface area contributed by atoms with E-state index in [2.05, 4.69) is 22.0 Å². The summed E-state index contributed by atoms with van der Waals surface area (Å²) in [6.45, 7) is 0. The molecule has 0 radical (unpaired) electrons. The van der Waals surface area contributed by atoms with Crippen molar-refractivity contribution in [1.82, 2.24) is 10.2 Å². The van der Waals surface area contributed by atoms with E-state index in [0.29, 0.717) is 28.1 Å². The van der Waals surface area contributed by atoms with Crippen LogP contribution < -0.4 is 5.73 Å². The first-order valence-corrected chi connectivity index (χ1v) is 6.82. The molecule has 5 heteroatoms. The summed E-state index contributed by atoms with van der Waals surface area (Å²) in [5, 5.41) is 25.9. The van der Waals surface area contributed by atoms with Crippen molar-refractivity contribution < 1.29 is 5.11 Å². The van der Waals surface area contributed by atoms with E-state index in [-0.39, 0.29) is 5.75 Å². The lowest BCUT2D eigenvalue weighted by molar-refractivity contribution is 0.477. The summed E-state index contributed by atoms with van der Waals surface area (Å²) in [4.78, 5) is 0. The van der Waals surface area contributed by atoms with Crippen LogP contribution in [0, 0.1) is 23.2 Å². The molecule has 0 aliphatic rings. The molecule has 0 saturated heterocycles. The van der Waals surface area contributed by atoms with E-state index in [1.54, 1.807) is 30.5 Å². The standard InChI is InChI=1S/C18H12N4O/c19-10-13-4-8-17(23)16(9-13)18-14(11-21-22-18)5-1-12-2-6-15(20)7-3-12/h2-4,6-9,11,23H,20H2,(H,21,22). The maximum atomic E-state index is 10.0. The Labute approximate surface area is 133 Å². The van der Waals surface area contributed by atoms with Gasteiger partial charge in [0.2, 0.25) is 0 Å². The third-order valence-electron chi connectivity index (χ3n) is 3.27. The van der Waals surface area contributed by atoms with Gasteiger partial charge in [-0.05, 0) is 42.5 Å². The number of phenols is 1. The molecule has 2 aromatic carbocycles. The molecular formula is C18H12N4O. The Kier molecular flexibility index (Phi) is 3.70. The van der Waals surface area contributed by atoms with E-state index >= 15 is 0 Å². The smallest absolute Gasteiger partial charge is 0.125 e. The molecule has 3 rings (SSSR count). The van der Waals surface area contributed by atoms with Crippen LogP contribution in [0.15, 0.2) is 48.7 Å². The molecule has 0 spiro atoms. The maximum absolute atomic E-state index is 10.0. The number of nitrogen functional groups attached to an aromatic ring is 1. The van der Waals surface area contributed by atoms with Gasteiger partial charge in [-0.15, -0.1) is 0 Å². The lowest BCUT2D eigenvalue weighted by atomic mass is 10.0. The van der Waals surface area contributed by atoms with Crippen molar-refractivity contribution in [3.63, 3.8) is 0 Å². The van der Waals surface area contributed by atoms with E-state index in [1.807, 2.05) is 18.2 Å². The van der Waals surface area contributed by atoms with Crippen LogP contribution in [0.2, 0.25) is 0 Å². The summed E-state index contributed by atoms with van der Waals surface area (Å²) in [7, 11) is 0. The Bertz CT molecular complexity index is 953. The molecule has 110 valence electrons. The van der Waals surface area contributed by atoms with Crippen LogP contribution in [0.25, 0.3) is 11.3 Å². The third kappa shape index (κ3) is 2.99. The van der Waals surface area contributed by atoms with Crippen molar-refractivity contribution in [1.29, 1.82) is 5.26 Å². The molecule has 0 fully saturated rings. The number of aromatic hydroxyl groups is 1. The van der Waals surface area contributed by atoms with Gasteiger partial charge in [-0.2, -0.15) is 10.4 Å². The molecule has 0 bridgehead atoms. The minimum atomic E-state index is 0.0478. The number of aromatic nitrogens is 2. The number of nitrogens with zero attached hydrogens (tertiary/aromatic N) is 2. The summed E-state index contributed by atoms with van der Waals surface area (Å²) >= 11 is 0. The van der Waals surface area contributed by atoms with E-state index in [4.69, 9.17) is 11.0 Å². The third-order valence-corrected chi connectivity index (χ3v) is 3.27. The minimum Gasteiger partial charge on any atom is -0.507 e. The predicted molar refractivity (Wildman–Crippen MR) is 87.2 cm³/mol. The SMILES string of the molecule is N#Cc1ccc(O)c(-c2n[nH]cc2C#Cc2ccc(N)cc2)c1. The summed E-state index contributed by atoms with van der Waals surface area (Å²) in [6.07, 6.45) is 1.65. The maximum Gasteiger partial charge on any atom is 0.125 e. The highest BCUT2D eigenvalue weighted by Crippen LogP contribution is 2.30. The Balaban J connectivity index is 2.01. The first-order chi connectivity index (χ1) is 11.2. The van der Waals surface area contributed by atoms with Crippen molar-refractivity contribution in [2.75, 3.05) is 5.73 Å². The van der Waals surface area contributed by atoms with Crippen molar-refractivity contribution in [2.24, 2.45) is 0 Å². The zero-order chi connectivity index (χ0) is 16.2. The van der Waals surface area contributed by atoms with Crippen molar-refractivity contribution in [2.45, 2.75) is 0 Å². The molecule has 5 nitrogen and oxygen atoms in total. The van der Waals surface area contributed by atoms with Crippen LogP contribution in [0.5, 0.6) is 5.75 Å². The van der Waals surface area contributed by atoms with E-state index in [0.717, 1.165) is 5.56 Å². The number of nitriles is 1. The number of aromatic amines is 1.